The van der Waals surface area contributed by atoms with E-state index in [1.54, 1.807) is 13.2 Å². The van der Waals surface area contributed by atoms with Gasteiger partial charge in [0.2, 0.25) is 6.08 Å². The number of rotatable bonds is 5. The number of isocyanates is 1. The summed E-state index contributed by atoms with van der Waals surface area (Å²) in [5.74, 6) is 0. The van der Waals surface area contributed by atoms with Crippen LogP contribution in [-0.2, 0) is 20.5 Å². The van der Waals surface area contributed by atoms with Crippen molar-refractivity contribution in [2.45, 2.75) is 50.5 Å². The first-order valence-corrected chi connectivity index (χ1v) is 7.23. The predicted molar refractivity (Wildman–Crippen MR) is 79.6 cm³/mol. The number of aliphatic imine (C=N–C) groups is 1. The Balaban J connectivity index is 2.41. The predicted octanol–water partition coefficient (Wildman–Crippen LogP) is 3.72. The minimum absolute atomic E-state index is 0.0462. The van der Waals surface area contributed by atoms with Crippen molar-refractivity contribution in [3.05, 3.63) is 35.4 Å². The van der Waals surface area contributed by atoms with Crippen molar-refractivity contribution in [1.29, 1.82) is 0 Å². The summed E-state index contributed by atoms with van der Waals surface area (Å²) in [6, 6.07) is 8.45. The van der Waals surface area contributed by atoms with Crippen LogP contribution >= 0.6 is 0 Å². The molecule has 0 saturated heterocycles. The summed E-state index contributed by atoms with van der Waals surface area (Å²) in [5.41, 5.74) is 1.97. The molecule has 1 aromatic carbocycles. The SMILES string of the molecule is COCC(C)(C)c1cccc(C2(N=C=O)CCCC2)c1. The fraction of sp³-hybridized carbons (Fsp3) is 0.588. The Morgan fingerprint density at radius 1 is 1.35 bits per heavy atom. The zero-order chi connectivity index (χ0) is 14.6. The monoisotopic (exact) mass is 273 g/mol. The van der Waals surface area contributed by atoms with Crippen LogP contribution in [0.2, 0.25) is 0 Å². The minimum atomic E-state index is -0.346. The van der Waals surface area contributed by atoms with Crippen molar-refractivity contribution in [3.63, 3.8) is 0 Å². The van der Waals surface area contributed by atoms with Gasteiger partial charge in [-0.3, -0.25) is 0 Å². The van der Waals surface area contributed by atoms with Gasteiger partial charge in [-0.15, -0.1) is 0 Å². The van der Waals surface area contributed by atoms with Crippen molar-refractivity contribution in [2.75, 3.05) is 13.7 Å². The van der Waals surface area contributed by atoms with Crippen LogP contribution in [0.5, 0.6) is 0 Å². The fourth-order valence-corrected chi connectivity index (χ4v) is 3.19. The molecule has 1 saturated carbocycles. The zero-order valence-corrected chi connectivity index (χ0v) is 12.6. The van der Waals surface area contributed by atoms with E-state index in [4.69, 9.17) is 4.74 Å². The molecule has 0 bridgehead atoms. The fourth-order valence-electron chi connectivity index (χ4n) is 3.19. The topological polar surface area (TPSA) is 38.7 Å². The van der Waals surface area contributed by atoms with E-state index in [0.29, 0.717) is 6.61 Å². The highest BCUT2D eigenvalue weighted by Gasteiger charge is 2.36. The maximum atomic E-state index is 10.8. The first kappa shape index (κ1) is 15.0. The second-order valence-corrected chi connectivity index (χ2v) is 6.34. The highest BCUT2D eigenvalue weighted by molar-refractivity contribution is 5.40. The summed E-state index contributed by atoms with van der Waals surface area (Å²) < 4.78 is 5.31. The standard InChI is InChI=1S/C17H23NO2/c1-16(2,12-20-3)14-7-6-8-15(11-14)17(18-13-19)9-4-5-10-17/h6-8,11H,4-5,9-10,12H2,1-3H3. The van der Waals surface area contributed by atoms with Gasteiger partial charge in [-0.1, -0.05) is 51.0 Å². The van der Waals surface area contributed by atoms with Gasteiger partial charge in [-0.05, 0) is 24.0 Å². The van der Waals surface area contributed by atoms with Crippen LogP contribution in [-0.4, -0.2) is 19.8 Å². The van der Waals surface area contributed by atoms with Gasteiger partial charge in [-0.25, -0.2) is 4.79 Å². The van der Waals surface area contributed by atoms with E-state index in [0.717, 1.165) is 31.2 Å². The van der Waals surface area contributed by atoms with Gasteiger partial charge in [0, 0.05) is 12.5 Å². The maximum Gasteiger partial charge on any atom is 0.235 e. The number of carbonyl (C=O) groups excluding carboxylic acids is 1. The first-order chi connectivity index (χ1) is 9.54. The molecule has 108 valence electrons. The van der Waals surface area contributed by atoms with Crippen molar-refractivity contribution in [2.24, 2.45) is 4.99 Å². The molecule has 1 aromatic rings. The molecule has 1 fully saturated rings. The number of methoxy groups -OCH3 is 1. The Kier molecular flexibility index (Phi) is 4.42. The summed E-state index contributed by atoms with van der Waals surface area (Å²) in [6.45, 7) is 5.00. The quantitative estimate of drug-likeness (QED) is 0.606. The third kappa shape index (κ3) is 2.84. The summed E-state index contributed by atoms with van der Waals surface area (Å²) >= 11 is 0. The summed E-state index contributed by atoms with van der Waals surface area (Å²) in [4.78, 5) is 15.0. The first-order valence-electron chi connectivity index (χ1n) is 7.23. The molecular formula is C17H23NO2. The number of benzene rings is 1. The molecule has 0 atom stereocenters. The van der Waals surface area contributed by atoms with E-state index in [2.05, 4.69) is 43.1 Å². The molecule has 2 rings (SSSR count). The van der Waals surface area contributed by atoms with Crippen molar-refractivity contribution >= 4 is 6.08 Å². The van der Waals surface area contributed by atoms with Crippen LogP contribution < -0.4 is 0 Å². The van der Waals surface area contributed by atoms with Gasteiger partial charge in [-0.2, -0.15) is 4.99 Å². The number of hydrogen-bond donors (Lipinski definition) is 0. The Morgan fingerprint density at radius 3 is 2.65 bits per heavy atom. The van der Waals surface area contributed by atoms with E-state index < -0.39 is 0 Å². The Labute approximate surface area is 121 Å². The molecule has 1 aliphatic rings. The van der Waals surface area contributed by atoms with Crippen molar-refractivity contribution < 1.29 is 9.53 Å². The number of ether oxygens (including phenoxy) is 1. The van der Waals surface area contributed by atoms with Gasteiger partial charge >= 0.3 is 0 Å². The molecule has 0 N–H and O–H groups in total. The van der Waals surface area contributed by atoms with E-state index in [-0.39, 0.29) is 11.0 Å². The molecular weight excluding hydrogens is 250 g/mol. The lowest BCUT2D eigenvalue weighted by molar-refractivity contribution is 0.146. The van der Waals surface area contributed by atoms with Crippen LogP contribution in [0.4, 0.5) is 0 Å². The van der Waals surface area contributed by atoms with Crippen molar-refractivity contribution in [3.8, 4) is 0 Å². The number of hydrogen-bond acceptors (Lipinski definition) is 3. The molecule has 0 spiro atoms. The Bertz CT molecular complexity index is 509. The second kappa shape index (κ2) is 5.90. The molecule has 3 heteroatoms. The summed E-state index contributed by atoms with van der Waals surface area (Å²) in [7, 11) is 1.72. The molecule has 0 radical (unpaired) electrons. The third-order valence-corrected chi connectivity index (χ3v) is 4.38. The maximum absolute atomic E-state index is 10.8. The molecule has 0 aliphatic heterocycles. The van der Waals surface area contributed by atoms with Gasteiger partial charge in [0.05, 0.1) is 12.1 Å². The lowest BCUT2D eigenvalue weighted by Gasteiger charge is -2.28. The Morgan fingerprint density at radius 2 is 2.05 bits per heavy atom. The van der Waals surface area contributed by atoms with Crippen LogP contribution in [0.3, 0.4) is 0 Å². The highest BCUT2D eigenvalue weighted by Crippen LogP contribution is 2.43. The molecule has 0 unspecified atom stereocenters. The van der Waals surface area contributed by atoms with Crippen LogP contribution in [0, 0.1) is 0 Å². The smallest absolute Gasteiger partial charge is 0.235 e. The molecule has 1 aliphatic carbocycles. The van der Waals surface area contributed by atoms with Gasteiger partial charge < -0.3 is 4.74 Å². The van der Waals surface area contributed by atoms with Crippen molar-refractivity contribution in [1.82, 2.24) is 0 Å². The van der Waals surface area contributed by atoms with Crippen LogP contribution in [0.15, 0.2) is 29.3 Å². The average molecular weight is 273 g/mol. The molecule has 0 amide bonds. The normalized spacial score (nSPS) is 17.8. The highest BCUT2D eigenvalue weighted by atomic mass is 16.5. The van der Waals surface area contributed by atoms with E-state index in [1.165, 1.54) is 5.56 Å². The minimum Gasteiger partial charge on any atom is -0.384 e. The molecule has 3 nitrogen and oxygen atoms in total. The van der Waals surface area contributed by atoms with Crippen LogP contribution in [0.1, 0.15) is 50.7 Å². The zero-order valence-electron chi connectivity index (χ0n) is 12.6. The van der Waals surface area contributed by atoms with Gasteiger partial charge in [0.25, 0.3) is 0 Å². The van der Waals surface area contributed by atoms with Gasteiger partial charge in [0.15, 0.2) is 0 Å². The lowest BCUT2D eigenvalue weighted by atomic mass is 9.81. The van der Waals surface area contributed by atoms with E-state index in [9.17, 15) is 4.79 Å². The lowest BCUT2D eigenvalue weighted by Crippen LogP contribution is -2.25. The number of nitrogens with zero attached hydrogens (tertiary/aromatic N) is 1. The molecule has 0 aromatic heterocycles. The third-order valence-electron chi connectivity index (χ3n) is 4.38. The summed E-state index contributed by atoms with van der Waals surface area (Å²) in [6.07, 6.45) is 5.91. The summed E-state index contributed by atoms with van der Waals surface area (Å²) in [5, 5.41) is 0. The largest absolute Gasteiger partial charge is 0.384 e. The van der Waals surface area contributed by atoms with Gasteiger partial charge in [0.1, 0.15) is 0 Å². The van der Waals surface area contributed by atoms with E-state index in [1.807, 2.05) is 0 Å². The molecule has 20 heavy (non-hydrogen) atoms. The second-order valence-electron chi connectivity index (χ2n) is 6.34. The van der Waals surface area contributed by atoms with E-state index >= 15 is 0 Å². The average Bonchev–Trinajstić information content (AvgIpc) is 2.89. The Hall–Kier alpha value is -1.44. The molecule has 0 heterocycles. The van der Waals surface area contributed by atoms with Crippen LogP contribution in [0.25, 0.3) is 0 Å².